The lowest BCUT2D eigenvalue weighted by Gasteiger charge is -2.14. The highest BCUT2D eigenvalue weighted by Gasteiger charge is 2.16. The van der Waals surface area contributed by atoms with Gasteiger partial charge in [0, 0.05) is 11.1 Å². The fourth-order valence-electron chi connectivity index (χ4n) is 1.94. The molecule has 0 aliphatic heterocycles. The second-order valence-corrected chi connectivity index (χ2v) is 4.71. The first-order valence-corrected chi connectivity index (χ1v) is 6.08. The molecule has 0 saturated heterocycles. The van der Waals surface area contributed by atoms with Gasteiger partial charge in [-0.15, -0.1) is 0 Å². The van der Waals surface area contributed by atoms with Crippen LogP contribution < -0.4 is 4.74 Å². The van der Waals surface area contributed by atoms with E-state index in [1.165, 1.54) is 19.2 Å². The number of ether oxygens (including phenoxy) is 1. The summed E-state index contributed by atoms with van der Waals surface area (Å²) in [5, 5.41) is 0.927. The molecule has 0 unspecified atom stereocenters. The average molecular weight is 285 g/mol. The molecular weight excluding hydrogens is 274 g/mol. The molecule has 0 atom stereocenters. The average Bonchev–Trinajstić information content (AvgIpc) is 2.28. The standard InChI is InChI=1S/C14H11Cl2FO/c1-8-6-9(17)7-10(14(8)18-2)13-11(15)4-3-5-12(13)16/h3-7H,1-2H3. The van der Waals surface area contributed by atoms with E-state index < -0.39 is 0 Å². The van der Waals surface area contributed by atoms with Crippen molar-refractivity contribution in [1.82, 2.24) is 0 Å². The number of aryl methyl sites for hydroxylation is 1. The normalized spacial score (nSPS) is 10.5. The van der Waals surface area contributed by atoms with Crippen LogP contribution in [0.2, 0.25) is 10.0 Å². The summed E-state index contributed by atoms with van der Waals surface area (Å²) >= 11 is 12.3. The van der Waals surface area contributed by atoms with Crippen molar-refractivity contribution in [1.29, 1.82) is 0 Å². The van der Waals surface area contributed by atoms with E-state index in [4.69, 9.17) is 27.9 Å². The van der Waals surface area contributed by atoms with Crippen LogP contribution in [0.5, 0.6) is 5.75 Å². The van der Waals surface area contributed by atoms with E-state index in [0.717, 1.165) is 0 Å². The van der Waals surface area contributed by atoms with Gasteiger partial charge in [-0.1, -0.05) is 29.3 Å². The Hall–Kier alpha value is -1.25. The van der Waals surface area contributed by atoms with Crippen molar-refractivity contribution in [2.45, 2.75) is 6.92 Å². The molecule has 2 aromatic rings. The zero-order valence-electron chi connectivity index (χ0n) is 9.93. The first kappa shape index (κ1) is 13.2. The van der Waals surface area contributed by atoms with Crippen LogP contribution in [0.3, 0.4) is 0 Å². The van der Waals surface area contributed by atoms with E-state index in [2.05, 4.69) is 0 Å². The predicted molar refractivity (Wildman–Crippen MR) is 73.1 cm³/mol. The molecular formula is C14H11Cl2FO. The summed E-state index contributed by atoms with van der Waals surface area (Å²) in [6.07, 6.45) is 0. The van der Waals surface area contributed by atoms with Crippen molar-refractivity contribution in [2.75, 3.05) is 7.11 Å². The Kier molecular flexibility index (Phi) is 3.79. The Balaban J connectivity index is 2.78. The summed E-state index contributed by atoms with van der Waals surface area (Å²) in [5.74, 6) is 0.227. The first-order chi connectivity index (χ1) is 8.54. The molecule has 0 aliphatic carbocycles. The maximum atomic E-state index is 13.6. The van der Waals surface area contributed by atoms with Gasteiger partial charge in [0.2, 0.25) is 0 Å². The minimum absolute atomic E-state index is 0.348. The van der Waals surface area contributed by atoms with Crippen molar-refractivity contribution in [3.8, 4) is 16.9 Å². The summed E-state index contributed by atoms with van der Waals surface area (Å²) in [4.78, 5) is 0. The summed E-state index contributed by atoms with van der Waals surface area (Å²) < 4.78 is 18.9. The Morgan fingerprint density at radius 3 is 2.28 bits per heavy atom. The van der Waals surface area contributed by atoms with E-state index in [9.17, 15) is 4.39 Å². The second-order valence-electron chi connectivity index (χ2n) is 3.90. The number of benzene rings is 2. The van der Waals surface area contributed by atoms with Gasteiger partial charge in [-0.3, -0.25) is 0 Å². The fraction of sp³-hybridized carbons (Fsp3) is 0.143. The van der Waals surface area contributed by atoms with Crippen LogP contribution in [-0.2, 0) is 0 Å². The molecule has 1 nitrogen and oxygen atoms in total. The number of hydrogen-bond acceptors (Lipinski definition) is 1. The Morgan fingerprint density at radius 1 is 1.11 bits per heavy atom. The van der Waals surface area contributed by atoms with Crippen molar-refractivity contribution in [2.24, 2.45) is 0 Å². The minimum atomic E-state index is -0.348. The maximum absolute atomic E-state index is 13.6. The van der Waals surface area contributed by atoms with Crippen molar-refractivity contribution >= 4 is 23.2 Å². The van der Waals surface area contributed by atoms with Crippen molar-refractivity contribution in [3.05, 3.63) is 51.8 Å². The molecule has 0 N–H and O–H groups in total. The quantitative estimate of drug-likeness (QED) is 0.744. The maximum Gasteiger partial charge on any atom is 0.129 e. The van der Waals surface area contributed by atoms with E-state index in [1.54, 1.807) is 25.1 Å². The molecule has 0 spiro atoms. The zero-order valence-corrected chi connectivity index (χ0v) is 11.4. The van der Waals surface area contributed by atoms with Crippen LogP contribution >= 0.6 is 23.2 Å². The molecule has 4 heteroatoms. The summed E-state index contributed by atoms with van der Waals surface area (Å²) in [7, 11) is 1.54. The van der Waals surface area contributed by atoms with Crippen LogP contribution in [0, 0.1) is 12.7 Å². The summed E-state index contributed by atoms with van der Waals surface area (Å²) in [5.41, 5.74) is 1.84. The SMILES string of the molecule is COc1c(C)cc(F)cc1-c1c(Cl)cccc1Cl. The van der Waals surface area contributed by atoms with Gasteiger partial charge in [-0.2, -0.15) is 0 Å². The molecule has 0 aromatic heterocycles. The number of halogens is 3. The van der Waals surface area contributed by atoms with Crippen LogP contribution in [0.4, 0.5) is 4.39 Å². The van der Waals surface area contributed by atoms with Gasteiger partial charge in [-0.05, 0) is 36.8 Å². The highest BCUT2D eigenvalue weighted by Crippen LogP contribution is 2.41. The Labute approximate surface area is 115 Å². The lowest BCUT2D eigenvalue weighted by molar-refractivity contribution is 0.412. The highest BCUT2D eigenvalue weighted by atomic mass is 35.5. The molecule has 0 radical (unpaired) electrons. The predicted octanol–water partition coefficient (Wildman–Crippen LogP) is 5.12. The monoisotopic (exact) mass is 284 g/mol. The molecule has 0 saturated carbocycles. The van der Waals surface area contributed by atoms with Crippen LogP contribution in [0.25, 0.3) is 11.1 Å². The smallest absolute Gasteiger partial charge is 0.129 e. The van der Waals surface area contributed by atoms with Gasteiger partial charge in [0.15, 0.2) is 0 Å². The minimum Gasteiger partial charge on any atom is -0.496 e. The van der Waals surface area contributed by atoms with E-state index in [-0.39, 0.29) is 5.82 Å². The molecule has 2 aromatic carbocycles. The second kappa shape index (κ2) is 5.17. The number of methoxy groups -OCH3 is 1. The van der Waals surface area contributed by atoms with Crippen molar-refractivity contribution < 1.29 is 9.13 Å². The largest absolute Gasteiger partial charge is 0.496 e. The third kappa shape index (κ3) is 2.31. The molecule has 0 amide bonds. The van der Waals surface area contributed by atoms with Crippen molar-refractivity contribution in [3.63, 3.8) is 0 Å². The first-order valence-electron chi connectivity index (χ1n) is 5.33. The van der Waals surface area contributed by atoms with E-state index >= 15 is 0 Å². The summed E-state index contributed by atoms with van der Waals surface area (Å²) in [6.45, 7) is 1.77. The number of hydrogen-bond donors (Lipinski definition) is 0. The molecule has 0 bridgehead atoms. The topological polar surface area (TPSA) is 9.23 Å². The van der Waals surface area contributed by atoms with Gasteiger partial charge in [0.1, 0.15) is 11.6 Å². The van der Waals surface area contributed by atoms with Crippen LogP contribution in [0.15, 0.2) is 30.3 Å². The molecule has 0 aliphatic rings. The summed E-state index contributed by atoms with van der Waals surface area (Å²) in [6, 6.07) is 7.95. The van der Waals surface area contributed by atoms with Gasteiger partial charge in [0.05, 0.1) is 17.2 Å². The van der Waals surface area contributed by atoms with Crippen LogP contribution in [-0.4, -0.2) is 7.11 Å². The fourth-order valence-corrected chi connectivity index (χ4v) is 2.54. The molecule has 0 heterocycles. The molecule has 18 heavy (non-hydrogen) atoms. The molecule has 94 valence electrons. The lowest BCUT2D eigenvalue weighted by atomic mass is 10.0. The van der Waals surface area contributed by atoms with Crippen LogP contribution in [0.1, 0.15) is 5.56 Å². The third-order valence-electron chi connectivity index (χ3n) is 2.68. The van der Waals surface area contributed by atoms with Gasteiger partial charge >= 0.3 is 0 Å². The van der Waals surface area contributed by atoms with E-state index in [1.807, 2.05) is 0 Å². The molecule has 2 rings (SSSR count). The van der Waals surface area contributed by atoms with E-state index in [0.29, 0.717) is 32.5 Å². The molecule has 0 fully saturated rings. The van der Waals surface area contributed by atoms with Gasteiger partial charge in [-0.25, -0.2) is 4.39 Å². The number of rotatable bonds is 2. The Morgan fingerprint density at radius 2 is 1.72 bits per heavy atom. The van der Waals surface area contributed by atoms with Gasteiger partial charge < -0.3 is 4.74 Å². The third-order valence-corrected chi connectivity index (χ3v) is 3.31. The Bertz CT molecular complexity index is 576. The zero-order chi connectivity index (χ0) is 13.3. The highest BCUT2D eigenvalue weighted by molar-refractivity contribution is 6.39. The lowest BCUT2D eigenvalue weighted by Crippen LogP contribution is -1.94. The van der Waals surface area contributed by atoms with Gasteiger partial charge in [0.25, 0.3) is 0 Å².